The van der Waals surface area contributed by atoms with Crippen LogP contribution in [0, 0.1) is 24.7 Å². The third-order valence-electron chi connectivity index (χ3n) is 14.4. The lowest BCUT2D eigenvalue weighted by Gasteiger charge is -2.42. The van der Waals surface area contributed by atoms with E-state index >= 15 is 0 Å². The van der Waals surface area contributed by atoms with E-state index in [0.717, 1.165) is 42.4 Å². The van der Waals surface area contributed by atoms with Crippen LogP contribution in [-0.2, 0) is 54.1 Å². The fourth-order valence-electron chi connectivity index (χ4n) is 9.91. The molecular formula is C49H67ClN4O12S. The summed E-state index contributed by atoms with van der Waals surface area (Å²) < 4.78 is 23.8. The highest BCUT2D eigenvalue weighted by molar-refractivity contribution is 8.00. The number of ketones is 1. The molecule has 1 aromatic rings. The number of thioether (sulfide) groups is 1. The molecule has 18 heteroatoms. The maximum atomic E-state index is 14.3. The van der Waals surface area contributed by atoms with Gasteiger partial charge in [0.05, 0.1) is 28.5 Å². The first-order chi connectivity index (χ1) is 31.6. The van der Waals surface area contributed by atoms with Crippen molar-refractivity contribution in [1.29, 1.82) is 0 Å². The van der Waals surface area contributed by atoms with Gasteiger partial charge in [-0.05, 0) is 82.9 Å². The number of aryl methyl sites for hydroxylation is 1. The molecule has 3 unspecified atom stereocenters. The van der Waals surface area contributed by atoms with Crippen LogP contribution in [0.4, 0.5) is 10.5 Å². The van der Waals surface area contributed by atoms with Crippen molar-refractivity contribution < 1.29 is 57.6 Å². The van der Waals surface area contributed by atoms with Crippen molar-refractivity contribution in [3.05, 3.63) is 52.1 Å². The molecule has 4 fully saturated rings. The van der Waals surface area contributed by atoms with Crippen LogP contribution in [0.3, 0.4) is 0 Å². The number of hydrogen-bond acceptors (Lipinski definition) is 13. The summed E-state index contributed by atoms with van der Waals surface area (Å²) in [7, 11) is 4.50. The van der Waals surface area contributed by atoms with Crippen molar-refractivity contribution in [3.8, 4) is 0 Å². The van der Waals surface area contributed by atoms with E-state index in [1.165, 1.54) is 47.5 Å². The van der Waals surface area contributed by atoms with Gasteiger partial charge in [0.15, 0.2) is 5.72 Å². The Bertz CT molecular complexity index is 2160. The first kappa shape index (κ1) is 52.1. The van der Waals surface area contributed by atoms with Gasteiger partial charge in [0.1, 0.15) is 35.7 Å². The van der Waals surface area contributed by atoms with Gasteiger partial charge in [-0.25, -0.2) is 9.59 Å². The highest BCUT2D eigenvalue weighted by atomic mass is 35.5. The van der Waals surface area contributed by atoms with Crippen molar-refractivity contribution in [1.82, 2.24) is 15.1 Å². The Morgan fingerprint density at radius 1 is 1.09 bits per heavy atom. The quantitative estimate of drug-likeness (QED) is 0.144. The molecule has 67 heavy (non-hydrogen) atoms. The van der Waals surface area contributed by atoms with Gasteiger partial charge in [-0.1, -0.05) is 55.3 Å². The maximum Gasteiger partial charge on any atom is 0.409 e. The van der Waals surface area contributed by atoms with Gasteiger partial charge in [0.25, 0.3) is 0 Å². The first-order valence-electron chi connectivity index (χ1n) is 23.4. The number of esters is 1. The lowest BCUT2D eigenvalue weighted by molar-refractivity contribution is -0.162. The fraction of sp³-hybridized carbons (Fsp3) is 0.653. The fourth-order valence-corrected chi connectivity index (χ4v) is 11.3. The number of amides is 5. The summed E-state index contributed by atoms with van der Waals surface area (Å²) in [6.07, 6.45) is 4.48. The average molecular weight is 972 g/mol. The molecule has 0 spiro atoms. The van der Waals surface area contributed by atoms with E-state index in [1.807, 2.05) is 39.0 Å². The molecule has 1 saturated carbocycles. The SMILES string of the molecule is CCC(=O)C1CCC(CN2C(=O)CC(SCCC(=O)N(C)[C@H](C)C(=O)O[C@H]3CC(=O)N(C)c4cc(cc(C)c4Cl)C/C(C)=C/C=C/[C@@H](OC)[C@@]4(O)CC(OC(=O)N4)[C@H](C)C4O[C@]43C)C2=O)CC1. The molecular weight excluding hydrogens is 904 g/mol. The zero-order valence-electron chi connectivity index (χ0n) is 40.1. The lowest BCUT2D eigenvalue weighted by Crippen LogP contribution is -2.63. The lowest BCUT2D eigenvalue weighted by atomic mass is 9.79. The van der Waals surface area contributed by atoms with Crippen molar-refractivity contribution in [2.45, 2.75) is 153 Å². The molecule has 0 radical (unpaired) electrons. The molecule has 9 atom stereocenters. The molecule has 1 aliphatic carbocycles. The molecule has 0 aromatic heterocycles. The van der Waals surface area contributed by atoms with Gasteiger partial charge in [-0.2, -0.15) is 0 Å². The summed E-state index contributed by atoms with van der Waals surface area (Å²) in [5.74, 6) is -1.95. The second-order valence-electron chi connectivity index (χ2n) is 19.2. The number of likely N-dealkylation sites (N-methyl/N-ethyl adjacent to an activating group) is 1. The highest BCUT2D eigenvalue weighted by Crippen LogP contribution is 2.49. The number of methoxy groups -OCH3 is 1. The summed E-state index contributed by atoms with van der Waals surface area (Å²) in [6, 6.07) is 2.68. The number of rotatable bonds is 12. The Hall–Kier alpha value is -4.29. The van der Waals surface area contributed by atoms with E-state index in [2.05, 4.69) is 5.32 Å². The number of fused-ring (bicyclic) bond motifs is 5. The minimum absolute atomic E-state index is 0.0189. The largest absolute Gasteiger partial charge is 0.457 e. The molecule has 4 aliphatic heterocycles. The third-order valence-corrected chi connectivity index (χ3v) is 16.2. The smallest absolute Gasteiger partial charge is 0.409 e. The van der Waals surface area contributed by atoms with Gasteiger partial charge < -0.3 is 33.9 Å². The van der Waals surface area contributed by atoms with Crippen LogP contribution in [0.2, 0.25) is 5.02 Å². The van der Waals surface area contributed by atoms with Crippen LogP contribution in [0.1, 0.15) is 104 Å². The monoisotopic (exact) mass is 970 g/mol. The Labute approximate surface area is 402 Å². The molecule has 5 aliphatic rings. The number of benzene rings is 1. The minimum atomic E-state index is -1.85. The minimum Gasteiger partial charge on any atom is -0.457 e. The first-order valence-corrected chi connectivity index (χ1v) is 24.8. The second kappa shape index (κ2) is 21.6. The number of anilines is 1. The van der Waals surface area contributed by atoms with Gasteiger partial charge in [-0.15, -0.1) is 11.8 Å². The number of ether oxygens (including phenoxy) is 4. The predicted octanol–water partition coefficient (Wildman–Crippen LogP) is 5.85. The van der Waals surface area contributed by atoms with Crippen LogP contribution in [0.5, 0.6) is 0 Å². The number of nitrogens with zero attached hydrogens (tertiary/aromatic N) is 3. The topological polar surface area (TPSA) is 202 Å². The van der Waals surface area contributed by atoms with E-state index in [1.54, 1.807) is 33.0 Å². The van der Waals surface area contributed by atoms with Gasteiger partial charge in [-0.3, -0.25) is 34.2 Å². The maximum absolute atomic E-state index is 14.3. The van der Waals surface area contributed by atoms with E-state index in [9.17, 15) is 38.7 Å². The van der Waals surface area contributed by atoms with Crippen molar-refractivity contribution in [3.63, 3.8) is 0 Å². The average Bonchev–Trinajstić information content (AvgIpc) is 3.92. The van der Waals surface area contributed by atoms with E-state index in [-0.39, 0.29) is 66.8 Å². The number of Topliss-reactive ketones (excluding diaryl/α,β-unsaturated/α-hetero) is 1. The Balaban J connectivity index is 1.14. The Morgan fingerprint density at radius 2 is 1.79 bits per heavy atom. The summed E-state index contributed by atoms with van der Waals surface area (Å²) in [6.45, 7) is 11.0. The second-order valence-corrected chi connectivity index (χ2v) is 20.9. The summed E-state index contributed by atoms with van der Waals surface area (Å²) in [5.41, 5.74) is -0.0681. The third kappa shape index (κ3) is 11.8. The van der Waals surface area contributed by atoms with E-state index < -0.39 is 70.9 Å². The van der Waals surface area contributed by atoms with Crippen molar-refractivity contribution in [2.75, 3.05) is 38.4 Å². The number of likely N-dealkylation sites (tertiary alicyclic amines) is 1. The number of alkyl carbamates (subject to hydrolysis) is 1. The number of carbonyl (C=O) groups is 7. The summed E-state index contributed by atoms with van der Waals surface area (Å²) in [5, 5.41) is 14.1. The standard InChI is InChI=1S/C49H67ClN4O12S/c1-10-35(55)33-16-14-31(15-17-33)26-54-42(58)23-37(45(54)59)67-19-18-40(56)52(7)30(5)46(60)65-39-24-41(57)53(8)34-22-32(21-28(3)43(34)50)20-27(2)12-11-13-38(63-9)49(62)25-36(64-47(61)51-49)29(4)44-48(39,6)66-44/h11-13,21-22,29-31,33,36-39,44,62H,10,14-20,23-26H2,1-9H3,(H,51,61)/b13-11+,27-12+/t29-,30+,31?,33?,36?,37?,38+,39-,44?,48-,49-/m0/s1. The number of nitrogens with one attached hydrogen (secondary N) is 1. The van der Waals surface area contributed by atoms with Crippen LogP contribution in [0.25, 0.3) is 0 Å². The van der Waals surface area contributed by atoms with E-state index in [0.29, 0.717) is 30.1 Å². The number of aliphatic hydroxyl groups is 1. The molecule has 2 N–H and O–H groups in total. The zero-order valence-corrected chi connectivity index (χ0v) is 41.7. The number of halogens is 1. The number of epoxide rings is 1. The van der Waals surface area contributed by atoms with Crippen molar-refractivity contribution >= 4 is 70.5 Å². The van der Waals surface area contributed by atoms with Crippen LogP contribution in [0.15, 0.2) is 35.9 Å². The summed E-state index contributed by atoms with van der Waals surface area (Å²) >= 11 is 8.06. The molecule has 5 amide bonds. The van der Waals surface area contributed by atoms with Crippen molar-refractivity contribution in [2.24, 2.45) is 17.8 Å². The van der Waals surface area contributed by atoms with Crippen LogP contribution < -0.4 is 10.2 Å². The number of carbonyl (C=O) groups excluding carboxylic acids is 7. The predicted molar refractivity (Wildman–Crippen MR) is 252 cm³/mol. The number of allylic oxidation sites excluding steroid dienone is 3. The Morgan fingerprint density at radius 3 is 2.46 bits per heavy atom. The molecule has 4 heterocycles. The molecule has 1 aromatic carbocycles. The molecule has 16 nitrogen and oxygen atoms in total. The van der Waals surface area contributed by atoms with E-state index in [4.69, 9.17) is 30.5 Å². The molecule has 6 rings (SSSR count). The van der Waals surface area contributed by atoms with Crippen LogP contribution >= 0.6 is 23.4 Å². The highest BCUT2D eigenvalue weighted by Gasteiger charge is 2.64. The number of imide groups is 1. The summed E-state index contributed by atoms with van der Waals surface area (Å²) in [4.78, 5) is 97.3. The number of hydrogen-bond donors (Lipinski definition) is 2. The van der Waals surface area contributed by atoms with Gasteiger partial charge in [0, 0.05) is 71.0 Å². The van der Waals surface area contributed by atoms with Crippen LogP contribution in [-0.4, -0.2) is 137 Å². The van der Waals surface area contributed by atoms with Gasteiger partial charge >= 0.3 is 12.1 Å². The Kier molecular flexibility index (Phi) is 16.8. The molecule has 368 valence electrons. The molecule has 3 saturated heterocycles. The molecule has 4 bridgehead atoms. The zero-order chi connectivity index (χ0) is 49.1. The normalized spacial score (nSPS) is 33.1. The van der Waals surface area contributed by atoms with Gasteiger partial charge in [0.2, 0.25) is 23.6 Å².